The third-order valence-corrected chi connectivity index (χ3v) is 7.11. The number of aromatic nitrogens is 2. The lowest BCUT2D eigenvalue weighted by Gasteiger charge is -2.37. The zero-order chi connectivity index (χ0) is 23.9. The number of halogens is 2. The van der Waals surface area contributed by atoms with Crippen molar-refractivity contribution in [3.8, 4) is 11.3 Å². The molecule has 2 aromatic rings. The van der Waals surface area contributed by atoms with Crippen LogP contribution in [0.3, 0.4) is 0 Å². The number of hydrogen-bond acceptors (Lipinski definition) is 6. The van der Waals surface area contributed by atoms with Crippen LogP contribution in [0.5, 0.6) is 0 Å². The van der Waals surface area contributed by atoms with Gasteiger partial charge in [-0.25, -0.2) is 18.6 Å². The van der Waals surface area contributed by atoms with E-state index in [1.165, 1.54) is 5.56 Å². The van der Waals surface area contributed by atoms with Crippen molar-refractivity contribution < 1.29 is 13.6 Å². The first-order chi connectivity index (χ1) is 16.3. The molecule has 3 aliphatic heterocycles. The molecule has 0 aliphatic carbocycles. The lowest BCUT2D eigenvalue weighted by molar-refractivity contribution is -0.0493. The van der Waals surface area contributed by atoms with Gasteiger partial charge in [-0.15, -0.1) is 0 Å². The van der Waals surface area contributed by atoms with Gasteiger partial charge in [0.05, 0.1) is 5.69 Å². The lowest BCUT2D eigenvalue weighted by atomic mass is 9.96. The van der Waals surface area contributed by atoms with Crippen LogP contribution in [0.15, 0.2) is 24.3 Å². The summed E-state index contributed by atoms with van der Waals surface area (Å²) in [6, 6.07) is 8.01. The van der Waals surface area contributed by atoms with Gasteiger partial charge in [-0.05, 0) is 30.7 Å². The number of fused-ring (bicyclic) bond motifs is 1. The number of nitrogens with two attached hydrogens (primary N) is 1. The summed E-state index contributed by atoms with van der Waals surface area (Å²) < 4.78 is 27.0. The van der Waals surface area contributed by atoms with Gasteiger partial charge in [-0.1, -0.05) is 12.1 Å². The first-order valence-electron chi connectivity index (χ1n) is 11.9. The molecule has 2 amide bonds. The smallest absolute Gasteiger partial charge is 0.320 e. The van der Waals surface area contributed by atoms with Gasteiger partial charge in [-0.2, -0.15) is 4.98 Å². The summed E-state index contributed by atoms with van der Waals surface area (Å²) in [5, 5.41) is 0. The Labute approximate surface area is 198 Å². The second-order valence-corrected chi connectivity index (χ2v) is 9.54. The number of piperidine rings is 1. The maximum atomic E-state index is 13.5. The van der Waals surface area contributed by atoms with Gasteiger partial charge in [0.2, 0.25) is 5.95 Å². The predicted octanol–water partition coefficient (Wildman–Crippen LogP) is 2.69. The molecule has 10 heteroatoms. The number of hydrogen-bond donors (Lipinski definition) is 1. The summed E-state index contributed by atoms with van der Waals surface area (Å²) in [5.41, 5.74) is 9.99. The second-order valence-electron chi connectivity index (χ2n) is 9.54. The number of amides is 2. The predicted molar refractivity (Wildman–Crippen MR) is 127 cm³/mol. The van der Waals surface area contributed by atoms with Crippen molar-refractivity contribution in [3.05, 3.63) is 35.4 Å². The van der Waals surface area contributed by atoms with Crippen LogP contribution in [0.2, 0.25) is 0 Å². The summed E-state index contributed by atoms with van der Waals surface area (Å²) >= 11 is 0. The van der Waals surface area contributed by atoms with Gasteiger partial charge in [0.15, 0.2) is 0 Å². The van der Waals surface area contributed by atoms with E-state index < -0.39 is 5.92 Å². The number of urea groups is 1. The zero-order valence-electron chi connectivity index (χ0n) is 19.5. The maximum absolute atomic E-state index is 13.5. The van der Waals surface area contributed by atoms with Gasteiger partial charge in [-0.3, -0.25) is 0 Å². The molecule has 2 N–H and O–H groups in total. The van der Waals surface area contributed by atoms with Crippen molar-refractivity contribution in [3.63, 3.8) is 0 Å². The quantitative estimate of drug-likeness (QED) is 0.725. The Morgan fingerprint density at radius 2 is 1.68 bits per heavy atom. The molecule has 5 rings (SSSR count). The third kappa shape index (κ3) is 4.77. The van der Waals surface area contributed by atoms with Crippen LogP contribution in [0.1, 0.15) is 24.0 Å². The van der Waals surface area contributed by atoms with Crippen molar-refractivity contribution in [2.45, 2.75) is 31.7 Å². The highest BCUT2D eigenvalue weighted by Gasteiger charge is 2.37. The van der Waals surface area contributed by atoms with Gasteiger partial charge in [0, 0.05) is 76.8 Å². The molecule has 0 radical (unpaired) electrons. The summed E-state index contributed by atoms with van der Waals surface area (Å²) in [6.07, 6.45) is 0.208. The number of alkyl halides is 2. The van der Waals surface area contributed by atoms with E-state index in [4.69, 9.17) is 5.73 Å². The standard InChI is InChI=1S/C24H31F2N7O/c1-30-10-12-31(13-11-30)21-15-20(28-22(27)29-21)18-3-2-17-4-7-33(16-19(17)14-18)23(34)32-8-5-24(25,26)6-9-32/h2-3,14-15H,4-13,16H2,1H3,(H2,27,28,29). The molecule has 182 valence electrons. The van der Waals surface area contributed by atoms with Crippen LogP contribution in [0, 0.1) is 0 Å². The van der Waals surface area contributed by atoms with Crippen LogP contribution in [-0.2, 0) is 13.0 Å². The van der Waals surface area contributed by atoms with Gasteiger partial charge >= 0.3 is 6.03 Å². The molecule has 0 bridgehead atoms. The molecule has 3 aliphatic rings. The second kappa shape index (κ2) is 8.98. The number of nitrogens with zero attached hydrogens (tertiary/aromatic N) is 6. The molecule has 0 atom stereocenters. The Hall–Kier alpha value is -3.01. The molecule has 1 aromatic heterocycles. The van der Waals surface area contributed by atoms with E-state index in [9.17, 15) is 13.6 Å². The van der Waals surface area contributed by atoms with E-state index in [-0.39, 0.29) is 37.9 Å². The number of carbonyl (C=O) groups is 1. The van der Waals surface area contributed by atoms with Gasteiger partial charge in [0.25, 0.3) is 5.92 Å². The molecular weight excluding hydrogens is 440 g/mol. The monoisotopic (exact) mass is 471 g/mol. The van der Waals surface area contributed by atoms with Crippen molar-refractivity contribution in [1.29, 1.82) is 0 Å². The summed E-state index contributed by atoms with van der Waals surface area (Å²) in [4.78, 5) is 29.7. The maximum Gasteiger partial charge on any atom is 0.320 e. The minimum Gasteiger partial charge on any atom is -0.368 e. The molecule has 0 saturated carbocycles. The van der Waals surface area contributed by atoms with Gasteiger partial charge in [0.1, 0.15) is 5.82 Å². The number of anilines is 2. The molecule has 34 heavy (non-hydrogen) atoms. The van der Waals surface area contributed by atoms with Crippen molar-refractivity contribution in [1.82, 2.24) is 24.7 Å². The van der Waals surface area contributed by atoms with Crippen LogP contribution in [0.25, 0.3) is 11.3 Å². The van der Waals surface area contributed by atoms with E-state index in [1.54, 1.807) is 9.80 Å². The van der Waals surface area contributed by atoms with Crippen molar-refractivity contribution in [2.75, 3.05) is 63.5 Å². The van der Waals surface area contributed by atoms with Gasteiger partial charge < -0.3 is 25.3 Å². The van der Waals surface area contributed by atoms with E-state index >= 15 is 0 Å². The number of benzene rings is 1. The molecule has 1 aromatic carbocycles. The average molecular weight is 472 g/mol. The SMILES string of the molecule is CN1CCN(c2cc(-c3ccc4c(c3)CN(C(=O)N3CCC(F)(F)CC3)CC4)nc(N)n2)CC1. The molecule has 0 spiro atoms. The largest absolute Gasteiger partial charge is 0.368 e. The highest BCUT2D eigenvalue weighted by molar-refractivity contribution is 5.75. The first kappa shape index (κ1) is 22.8. The third-order valence-electron chi connectivity index (χ3n) is 7.11. The molecule has 0 unspecified atom stereocenters. The molecular formula is C24H31F2N7O. The number of piperazine rings is 1. The first-order valence-corrected chi connectivity index (χ1v) is 11.9. The van der Waals surface area contributed by atoms with E-state index in [0.29, 0.717) is 13.1 Å². The fourth-order valence-electron chi connectivity index (χ4n) is 4.90. The Balaban J connectivity index is 1.33. The molecule has 2 saturated heterocycles. The fourth-order valence-corrected chi connectivity index (χ4v) is 4.90. The number of rotatable bonds is 2. The topological polar surface area (TPSA) is 81.8 Å². The average Bonchev–Trinajstić information content (AvgIpc) is 2.83. The van der Waals surface area contributed by atoms with Crippen molar-refractivity contribution >= 4 is 17.8 Å². The summed E-state index contributed by atoms with van der Waals surface area (Å²) in [6.45, 7) is 4.96. The van der Waals surface area contributed by atoms with Crippen LogP contribution in [0.4, 0.5) is 25.3 Å². The van der Waals surface area contributed by atoms with E-state index in [1.807, 2.05) is 12.1 Å². The number of likely N-dealkylation sites (tertiary alicyclic amines) is 1. The number of carbonyl (C=O) groups excluding carboxylic acids is 1. The Bertz CT molecular complexity index is 1060. The van der Waals surface area contributed by atoms with Crippen LogP contribution in [-0.4, -0.2) is 89.5 Å². The summed E-state index contributed by atoms with van der Waals surface area (Å²) in [5.74, 6) is -1.60. The normalized spacial score (nSPS) is 20.9. The Morgan fingerprint density at radius 3 is 2.41 bits per heavy atom. The van der Waals surface area contributed by atoms with E-state index in [2.05, 4.69) is 38.9 Å². The highest BCUT2D eigenvalue weighted by atomic mass is 19.3. The lowest BCUT2D eigenvalue weighted by Crippen LogP contribution is -2.50. The zero-order valence-corrected chi connectivity index (χ0v) is 19.5. The van der Waals surface area contributed by atoms with Crippen LogP contribution >= 0.6 is 0 Å². The number of nitrogen functional groups attached to an aromatic ring is 1. The fraction of sp³-hybridized carbons (Fsp3) is 0.542. The van der Waals surface area contributed by atoms with Crippen LogP contribution < -0.4 is 10.6 Å². The molecule has 4 heterocycles. The Kier molecular flexibility index (Phi) is 6.01. The van der Waals surface area contributed by atoms with E-state index in [0.717, 1.165) is 55.2 Å². The molecule has 8 nitrogen and oxygen atoms in total. The Morgan fingerprint density at radius 1 is 0.941 bits per heavy atom. The van der Waals surface area contributed by atoms with Crippen molar-refractivity contribution in [2.24, 2.45) is 0 Å². The summed E-state index contributed by atoms with van der Waals surface area (Å²) in [7, 11) is 2.11. The minimum absolute atomic E-state index is 0.102. The molecule has 2 fully saturated rings. The minimum atomic E-state index is -2.66. The number of likely N-dealkylation sites (N-methyl/N-ethyl adjacent to an activating group) is 1. The highest BCUT2D eigenvalue weighted by Crippen LogP contribution is 2.31.